The Balaban J connectivity index is 1.87. The van der Waals surface area contributed by atoms with Crippen LogP contribution in [0.5, 0.6) is 0 Å². The molecule has 0 unspecified atom stereocenters. The van der Waals surface area contributed by atoms with Crippen LogP contribution in [0.1, 0.15) is 15.9 Å². The van der Waals surface area contributed by atoms with Crippen LogP contribution >= 0.6 is 11.6 Å². The van der Waals surface area contributed by atoms with E-state index < -0.39 is 15.9 Å². The summed E-state index contributed by atoms with van der Waals surface area (Å²) in [5.41, 5.74) is 1.80. The molecule has 0 aliphatic rings. The standard InChI is InChI=1S/C20H17ClN2O3S/c1-14-7-8-15(20(24)22-17-11-9-16(21)10-12-17)13-19(14)27(25,26)23-18-5-3-2-4-6-18/h2-13,23H,1H3,(H,22,24). The number of para-hydroxylation sites is 1. The fourth-order valence-electron chi connectivity index (χ4n) is 2.48. The molecule has 1 amide bonds. The monoisotopic (exact) mass is 400 g/mol. The maximum atomic E-state index is 12.7. The first kappa shape index (κ1) is 18.9. The molecule has 0 bridgehead atoms. The summed E-state index contributed by atoms with van der Waals surface area (Å²) >= 11 is 5.83. The second-order valence-corrected chi connectivity index (χ2v) is 8.00. The number of hydrogen-bond donors (Lipinski definition) is 2. The van der Waals surface area contributed by atoms with Gasteiger partial charge in [0.25, 0.3) is 15.9 Å². The minimum atomic E-state index is -3.83. The predicted molar refractivity (Wildman–Crippen MR) is 108 cm³/mol. The number of halogens is 1. The molecule has 7 heteroatoms. The zero-order valence-corrected chi connectivity index (χ0v) is 16.0. The van der Waals surface area contributed by atoms with Crippen LogP contribution in [0.2, 0.25) is 5.02 Å². The third-order valence-corrected chi connectivity index (χ3v) is 5.64. The van der Waals surface area contributed by atoms with Crippen molar-refractivity contribution < 1.29 is 13.2 Å². The first-order valence-electron chi connectivity index (χ1n) is 8.10. The number of anilines is 2. The van der Waals surface area contributed by atoms with E-state index in [1.165, 1.54) is 6.07 Å². The Morgan fingerprint density at radius 2 is 1.56 bits per heavy atom. The molecule has 138 valence electrons. The van der Waals surface area contributed by atoms with Gasteiger partial charge in [0.05, 0.1) is 4.90 Å². The van der Waals surface area contributed by atoms with Gasteiger partial charge < -0.3 is 5.32 Å². The van der Waals surface area contributed by atoms with Crippen LogP contribution in [0.3, 0.4) is 0 Å². The number of carbonyl (C=O) groups excluding carboxylic acids is 1. The predicted octanol–water partition coefficient (Wildman–Crippen LogP) is 4.70. The molecule has 0 radical (unpaired) electrons. The molecule has 2 N–H and O–H groups in total. The Kier molecular flexibility index (Phi) is 5.48. The number of nitrogens with one attached hydrogen (secondary N) is 2. The summed E-state index contributed by atoms with van der Waals surface area (Å²) in [7, 11) is -3.83. The second kappa shape index (κ2) is 7.82. The van der Waals surface area contributed by atoms with E-state index in [1.54, 1.807) is 73.7 Å². The van der Waals surface area contributed by atoms with Crippen LogP contribution in [0.15, 0.2) is 77.7 Å². The van der Waals surface area contributed by atoms with Gasteiger partial charge in [0.15, 0.2) is 0 Å². The fraction of sp³-hybridized carbons (Fsp3) is 0.0500. The van der Waals surface area contributed by atoms with E-state index in [0.717, 1.165) is 0 Å². The van der Waals surface area contributed by atoms with Crippen molar-refractivity contribution in [1.82, 2.24) is 0 Å². The van der Waals surface area contributed by atoms with Crippen molar-refractivity contribution in [3.8, 4) is 0 Å². The molecule has 3 rings (SSSR count). The Morgan fingerprint density at radius 3 is 2.22 bits per heavy atom. The van der Waals surface area contributed by atoms with E-state index >= 15 is 0 Å². The van der Waals surface area contributed by atoms with E-state index in [0.29, 0.717) is 22.0 Å². The Labute approximate surface area is 163 Å². The lowest BCUT2D eigenvalue weighted by Crippen LogP contribution is -2.17. The minimum absolute atomic E-state index is 0.0510. The maximum absolute atomic E-state index is 12.7. The zero-order chi connectivity index (χ0) is 19.4. The molecule has 3 aromatic rings. The van der Waals surface area contributed by atoms with Crippen LogP contribution in [-0.4, -0.2) is 14.3 Å². The third-order valence-electron chi connectivity index (χ3n) is 3.87. The van der Waals surface area contributed by atoms with Crippen molar-refractivity contribution in [3.05, 3.63) is 88.9 Å². The van der Waals surface area contributed by atoms with E-state index in [9.17, 15) is 13.2 Å². The summed E-state index contributed by atoms with van der Waals surface area (Å²) < 4.78 is 28.0. The van der Waals surface area contributed by atoms with Crippen LogP contribution in [0, 0.1) is 6.92 Å². The van der Waals surface area contributed by atoms with Crippen LogP contribution in [0.25, 0.3) is 0 Å². The minimum Gasteiger partial charge on any atom is -0.322 e. The van der Waals surface area contributed by atoms with Gasteiger partial charge in [0.2, 0.25) is 0 Å². The molecular formula is C20H17ClN2O3S. The van der Waals surface area contributed by atoms with Gasteiger partial charge in [0, 0.05) is 22.0 Å². The molecule has 0 spiro atoms. The molecule has 5 nitrogen and oxygen atoms in total. The van der Waals surface area contributed by atoms with Gasteiger partial charge in [-0.3, -0.25) is 9.52 Å². The summed E-state index contributed by atoms with van der Waals surface area (Å²) in [6.45, 7) is 1.68. The number of aryl methyl sites for hydroxylation is 1. The average Bonchev–Trinajstić information content (AvgIpc) is 2.64. The van der Waals surface area contributed by atoms with Gasteiger partial charge in [-0.1, -0.05) is 35.9 Å². The highest BCUT2D eigenvalue weighted by Gasteiger charge is 2.19. The molecule has 0 aliphatic heterocycles. The molecular weight excluding hydrogens is 384 g/mol. The molecule has 0 aromatic heterocycles. The summed E-state index contributed by atoms with van der Waals surface area (Å²) in [6, 6.07) is 19.8. The first-order chi connectivity index (χ1) is 12.8. The van der Waals surface area contributed by atoms with Crippen molar-refractivity contribution in [2.45, 2.75) is 11.8 Å². The number of carbonyl (C=O) groups is 1. The Hall–Kier alpha value is -2.83. The van der Waals surface area contributed by atoms with E-state index in [2.05, 4.69) is 10.0 Å². The maximum Gasteiger partial charge on any atom is 0.262 e. The van der Waals surface area contributed by atoms with E-state index in [4.69, 9.17) is 11.6 Å². The average molecular weight is 401 g/mol. The lowest BCUT2D eigenvalue weighted by Gasteiger charge is -2.12. The molecule has 0 heterocycles. The highest BCUT2D eigenvalue weighted by Crippen LogP contribution is 2.22. The van der Waals surface area contributed by atoms with Gasteiger partial charge in [-0.15, -0.1) is 0 Å². The normalized spacial score (nSPS) is 11.0. The largest absolute Gasteiger partial charge is 0.322 e. The molecule has 27 heavy (non-hydrogen) atoms. The first-order valence-corrected chi connectivity index (χ1v) is 9.97. The van der Waals surface area contributed by atoms with Crippen LogP contribution < -0.4 is 10.0 Å². The van der Waals surface area contributed by atoms with E-state index in [-0.39, 0.29) is 10.5 Å². The van der Waals surface area contributed by atoms with Gasteiger partial charge in [-0.05, 0) is 61.0 Å². The van der Waals surface area contributed by atoms with Crippen LogP contribution in [-0.2, 0) is 10.0 Å². The lowest BCUT2D eigenvalue weighted by molar-refractivity contribution is 0.102. The summed E-state index contributed by atoms with van der Waals surface area (Å²) in [5.74, 6) is -0.409. The summed E-state index contributed by atoms with van der Waals surface area (Å²) in [6.07, 6.45) is 0. The van der Waals surface area contributed by atoms with Crippen molar-refractivity contribution >= 4 is 38.9 Å². The topological polar surface area (TPSA) is 75.3 Å². The van der Waals surface area contributed by atoms with Gasteiger partial charge in [-0.2, -0.15) is 0 Å². The number of rotatable bonds is 5. The molecule has 3 aromatic carbocycles. The Bertz CT molecular complexity index is 1070. The number of sulfonamides is 1. The number of benzene rings is 3. The van der Waals surface area contributed by atoms with Crippen LogP contribution in [0.4, 0.5) is 11.4 Å². The molecule has 0 fully saturated rings. The highest BCUT2D eigenvalue weighted by molar-refractivity contribution is 7.92. The zero-order valence-electron chi connectivity index (χ0n) is 14.4. The summed E-state index contributed by atoms with van der Waals surface area (Å²) in [5, 5.41) is 3.28. The quantitative estimate of drug-likeness (QED) is 0.651. The highest BCUT2D eigenvalue weighted by atomic mass is 35.5. The van der Waals surface area contributed by atoms with Gasteiger partial charge >= 0.3 is 0 Å². The summed E-state index contributed by atoms with van der Waals surface area (Å²) in [4.78, 5) is 12.5. The fourth-order valence-corrected chi connectivity index (χ4v) is 3.94. The van der Waals surface area contributed by atoms with Crippen molar-refractivity contribution in [3.63, 3.8) is 0 Å². The molecule has 0 saturated heterocycles. The molecule has 0 saturated carbocycles. The van der Waals surface area contributed by atoms with Crippen molar-refractivity contribution in [2.75, 3.05) is 10.0 Å². The molecule has 0 aliphatic carbocycles. The number of amides is 1. The van der Waals surface area contributed by atoms with E-state index in [1.807, 2.05) is 0 Å². The second-order valence-electron chi connectivity index (χ2n) is 5.91. The molecule has 0 atom stereocenters. The van der Waals surface area contributed by atoms with Crippen molar-refractivity contribution in [1.29, 1.82) is 0 Å². The Morgan fingerprint density at radius 1 is 0.889 bits per heavy atom. The van der Waals surface area contributed by atoms with Crippen molar-refractivity contribution in [2.24, 2.45) is 0 Å². The van der Waals surface area contributed by atoms with Gasteiger partial charge in [-0.25, -0.2) is 8.42 Å². The SMILES string of the molecule is Cc1ccc(C(=O)Nc2ccc(Cl)cc2)cc1S(=O)(=O)Nc1ccccc1. The lowest BCUT2D eigenvalue weighted by atomic mass is 10.1. The van der Waals surface area contributed by atoms with Gasteiger partial charge in [0.1, 0.15) is 0 Å². The number of hydrogen-bond acceptors (Lipinski definition) is 3. The third kappa shape index (κ3) is 4.67. The smallest absolute Gasteiger partial charge is 0.262 e.